The minimum Gasteiger partial charge on any atom is -0.493 e. The summed E-state index contributed by atoms with van der Waals surface area (Å²) in [5, 5.41) is 6.45. The van der Waals surface area contributed by atoms with Gasteiger partial charge in [0.1, 0.15) is 11.8 Å². The molecule has 154 valence electrons. The normalized spacial score (nSPS) is 22.6. The van der Waals surface area contributed by atoms with Crippen LogP contribution in [-0.2, 0) is 4.79 Å². The van der Waals surface area contributed by atoms with Gasteiger partial charge in [0.05, 0.1) is 6.61 Å². The third kappa shape index (κ3) is 3.94. The molecule has 2 aliphatic rings. The number of piperidine rings is 1. The lowest BCUT2D eigenvalue weighted by atomic mass is 9.79. The van der Waals surface area contributed by atoms with Gasteiger partial charge in [-0.15, -0.1) is 0 Å². The molecular formula is C23H29N3O3. The second kappa shape index (κ2) is 8.41. The van der Waals surface area contributed by atoms with E-state index in [4.69, 9.17) is 4.74 Å². The molecule has 1 fully saturated rings. The molecule has 6 heteroatoms. The van der Waals surface area contributed by atoms with Crippen molar-refractivity contribution in [1.29, 1.82) is 0 Å². The lowest BCUT2D eigenvalue weighted by molar-refractivity contribution is -0.127. The van der Waals surface area contributed by atoms with E-state index < -0.39 is 6.04 Å². The predicted octanol–water partition coefficient (Wildman–Crippen LogP) is 2.30. The molecule has 0 saturated carbocycles. The number of benzene rings is 1. The number of amides is 1. The number of nitrogens with one attached hydrogen (secondary N) is 2. The van der Waals surface area contributed by atoms with Crippen LogP contribution >= 0.6 is 0 Å². The Hall–Kier alpha value is -2.60. The molecule has 1 amide bonds. The van der Waals surface area contributed by atoms with Gasteiger partial charge in [-0.05, 0) is 43.9 Å². The summed E-state index contributed by atoms with van der Waals surface area (Å²) in [7, 11) is 0. The van der Waals surface area contributed by atoms with E-state index in [2.05, 4.69) is 10.6 Å². The Morgan fingerprint density at radius 3 is 2.72 bits per heavy atom. The lowest BCUT2D eigenvalue weighted by Crippen LogP contribution is -2.52. The van der Waals surface area contributed by atoms with Crippen LogP contribution in [0, 0.1) is 19.8 Å². The number of nitrogens with zero attached hydrogens (tertiary/aromatic N) is 1. The van der Waals surface area contributed by atoms with Gasteiger partial charge in [0, 0.05) is 43.2 Å². The van der Waals surface area contributed by atoms with Crippen molar-refractivity contribution < 1.29 is 9.53 Å². The first-order valence-electron chi connectivity index (χ1n) is 10.4. The first kappa shape index (κ1) is 19.7. The summed E-state index contributed by atoms with van der Waals surface area (Å²) in [6.07, 6.45) is 1.67. The van der Waals surface area contributed by atoms with E-state index >= 15 is 0 Å². The first-order chi connectivity index (χ1) is 14.1. The summed E-state index contributed by atoms with van der Waals surface area (Å²) < 4.78 is 7.64. The maximum absolute atomic E-state index is 13.0. The van der Waals surface area contributed by atoms with Gasteiger partial charge in [-0.25, -0.2) is 0 Å². The Morgan fingerprint density at radius 1 is 1.17 bits per heavy atom. The maximum atomic E-state index is 13.0. The van der Waals surface area contributed by atoms with Gasteiger partial charge in [0.2, 0.25) is 5.91 Å². The fourth-order valence-electron chi connectivity index (χ4n) is 4.72. The molecule has 2 bridgehead atoms. The van der Waals surface area contributed by atoms with E-state index in [0.717, 1.165) is 42.1 Å². The van der Waals surface area contributed by atoms with Gasteiger partial charge in [-0.1, -0.05) is 24.3 Å². The number of para-hydroxylation sites is 1. The molecule has 29 heavy (non-hydrogen) atoms. The Balaban J connectivity index is 1.38. The molecular weight excluding hydrogens is 366 g/mol. The monoisotopic (exact) mass is 395 g/mol. The van der Waals surface area contributed by atoms with Crippen LogP contribution in [0.25, 0.3) is 0 Å². The molecule has 1 saturated heterocycles. The quantitative estimate of drug-likeness (QED) is 0.737. The van der Waals surface area contributed by atoms with Crippen molar-refractivity contribution in [2.45, 2.75) is 38.6 Å². The van der Waals surface area contributed by atoms with Crippen molar-refractivity contribution in [1.82, 2.24) is 15.2 Å². The van der Waals surface area contributed by atoms with Crippen LogP contribution < -0.4 is 20.9 Å². The van der Waals surface area contributed by atoms with E-state index in [0.29, 0.717) is 25.5 Å². The van der Waals surface area contributed by atoms with Crippen molar-refractivity contribution in [2.24, 2.45) is 5.92 Å². The Kier molecular flexibility index (Phi) is 5.72. The number of carbonyl (C=O) groups is 1. The van der Waals surface area contributed by atoms with Gasteiger partial charge in [0.15, 0.2) is 0 Å². The van der Waals surface area contributed by atoms with E-state index in [1.807, 2.05) is 38.1 Å². The molecule has 3 atom stereocenters. The zero-order valence-corrected chi connectivity index (χ0v) is 17.1. The van der Waals surface area contributed by atoms with Crippen LogP contribution in [0.15, 0.2) is 41.2 Å². The number of aryl methyl sites for hydroxylation is 2. The Labute approximate surface area is 171 Å². The van der Waals surface area contributed by atoms with E-state index in [9.17, 15) is 9.59 Å². The maximum Gasteiger partial charge on any atom is 0.251 e. The largest absolute Gasteiger partial charge is 0.493 e. The molecule has 3 heterocycles. The van der Waals surface area contributed by atoms with Gasteiger partial charge >= 0.3 is 0 Å². The summed E-state index contributed by atoms with van der Waals surface area (Å²) in [6, 6.07) is 11.0. The van der Waals surface area contributed by atoms with Crippen molar-refractivity contribution in [3.8, 4) is 5.75 Å². The molecule has 1 aromatic heterocycles. The third-order valence-corrected chi connectivity index (χ3v) is 6.09. The third-order valence-electron chi connectivity index (χ3n) is 6.09. The molecule has 0 radical (unpaired) electrons. The predicted molar refractivity (Wildman–Crippen MR) is 112 cm³/mol. The van der Waals surface area contributed by atoms with Crippen LogP contribution in [0.2, 0.25) is 0 Å². The highest BCUT2D eigenvalue weighted by molar-refractivity contribution is 5.81. The highest BCUT2D eigenvalue weighted by Gasteiger charge is 2.41. The molecule has 1 aromatic carbocycles. The molecule has 0 aliphatic carbocycles. The molecule has 0 unspecified atom stereocenters. The minimum absolute atomic E-state index is 0.0706. The zero-order valence-electron chi connectivity index (χ0n) is 17.1. The van der Waals surface area contributed by atoms with Crippen LogP contribution in [0.3, 0.4) is 0 Å². The van der Waals surface area contributed by atoms with Gasteiger partial charge in [0.25, 0.3) is 5.56 Å². The number of pyridine rings is 1. The fraction of sp³-hybridized carbons (Fsp3) is 0.478. The van der Waals surface area contributed by atoms with Crippen molar-refractivity contribution >= 4 is 5.91 Å². The Morgan fingerprint density at radius 2 is 1.93 bits per heavy atom. The van der Waals surface area contributed by atoms with Gasteiger partial charge in [-0.2, -0.15) is 0 Å². The minimum atomic E-state index is -0.442. The summed E-state index contributed by atoms with van der Waals surface area (Å²) in [5.41, 5.74) is 3.12. The van der Waals surface area contributed by atoms with E-state index in [1.54, 1.807) is 16.7 Å². The molecule has 0 spiro atoms. The number of hydrogen-bond donors (Lipinski definition) is 2. The SMILES string of the molecule is Cc1cccc(C)c1OCCCNC(=O)[C@H]1[C@@H]2CNC[C@@H](C2)c2cccc(=O)n21. The van der Waals surface area contributed by atoms with E-state index in [-0.39, 0.29) is 17.4 Å². The summed E-state index contributed by atoms with van der Waals surface area (Å²) in [6.45, 7) is 6.78. The topological polar surface area (TPSA) is 72.4 Å². The number of fused-ring (bicyclic) bond motifs is 4. The van der Waals surface area contributed by atoms with Crippen LogP contribution in [0.5, 0.6) is 5.75 Å². The zero-order chi connectivity index (χ0) is 20.4. The standard InChI is InChI=1S/C23H29N3O3/c1-15-6-3-7-16(2)22(15)29-11-5-10-25-23(28)21-18-12-17(13-24-14-18)19-8-4-9-20(27)26(19)21/h3-4,6-9,17-18,21,24H,5,10-14H2,1-2H3,(H,25,28)/t17-,18+,21-/m1/s1. The van der Waals surface area contributed by atoms with Crippen LogP contribution in [-0.4, -0.2) is 36.7 Å². The summed E-state index contributed by atoms with van der Waals surface area (Å²) in [5.74, 6) is 1.30. The smallest absolute Gasteiger partial charge is 0.251 e. The average molecular weight is 396 g/mol. The van der Waals surface area contributed by atoms with Crippen LogP contribution in [0.4, 0.5) is 0 Å². The lowest BCUT2D eigenvalue weighted by Gasteiger charge is -2.42. The fourth-order valence-corrected chi connectivity index (χ4v) is 4.72. The molecule has 2 aromatic rings. The number of rotatable bonds is 6. The molecule has 2 N–H and O–H groups in total. The number of ether oxygens (including phenoxy) is 1. The second-order valence-corrected chi connectivity index (χ2v) is 8.17. The first-order valence-corrected chi connectivity index (χ1v) is 10.4. The highest BCUT2D eigenvalue weighted by atomic mass is 16.5. The molecule has 6 nitrogen and oxygen atoms in total. The highest BCUT2D eigenvalue weighted by Crippen LogP contribution is 2.38. The number of carbonyl (C=O) groups excluding carboxylic acids is 1. The Bertz CT molecular complexity index is 932. The van der Waals surface area contributed by atoms with E-state index in [1.165, 1.54) is 0 Å². The van der Waals surface area contributed by atoms with Gasteiger partial charge in [-0.3, -0.25) is 14.2 Å². The van der Waals surface area contributed by atoms with Crippen molar-refractivity contribution in [2.75, 3.05) is 26.2 Å². The van der Waals surface area contributed by atoms with Gasteiger partial charge < -0.3 is 15.4 Å². The second-order valence-electron chi connectivity index (χ2n) is 8.17. The van der Waals surface area contributed by atoms with Crippen molar-refractivity contribution in [3.05, 3.63) is 63.6 Å². The van der Waals surface area contributed by atoms with Crippen molar-refractivity contribution in [3.63, 3.8) is 0 Å². The molecule has 2 aliphatic heterocycles. The van der Waals surface area contributed by atoms with Crippen LogP contribution in [0.1, 0.15) is 41.6 Å². The number of hydrogen-bond acceptors (Lipinski definition) is 4. The summed E-state index contributed by atoms with van der Waals surface area (Å²) in [4.78, 5) is 25.6. The summed E-state index contributed by atoms with van der Waals surface area (Å²) >= 11 is 0. The average Bonchev–Trinajstić information content (AvgIpc) is 2.71. The number of aromatic nitrogens is 1. The molecule has 4 rings (SSSR count).